The van der Waals surface area contributed by atoms with E-state index < -0.39 is 34.6 Å². The van der Waals surface area contributed by atoms with Crippen LogP contribution < -0.4 is 10.6 Å². The third kappa shape index (κ3) is 9.61. The van der Waals surface area contributed by atoms with Gasteiger partial charge in [-0.15, -0.1) is 0 Å². The van der Waals surface area contributed by atoms with Gasteiger partial charge in [0.2, 0.25) is 11.8 Å². The van der Waals surface area contributed by atoms with Gasteiger partial charge in [0.15, 0.2) is 11.2 Å². The molecule has 2 N–H and O–H groups in total. The van der Waals surface area contributed by atoms with Gasteiger partial charge in [0.1, 0.15) is 5.54 Å². The summed E-state index contributed by atoms with van der Waals surface area (Å²) >= 11 is 0.925. The average molecular weight is 543 g/mol. The van der Waals surface area contributed by atoms with Crippen molar-refractivity contribution in [2.45, 2.75) is 65.0 Å². The van der Waals surface area contributed by atoms with Crippen molar-refractivity contribution in [3.05, 3.63) is 60.2 Å². The molecule has 2 amide bonds. The Labute approximate surface area is 229 Å². The fourth-order valence-electron chi connectivity index (χ4n) is 3.58. The Bertz CT molecular complexity index is 1090. The van der Waals surface area contributed by atoms with Crippen molar-refractivity contribution in [2.75, 3.05) is 13.2 Å². The number of carbonyl (C=O) groups excluding carboxylic acids is 4. The quantitative estimate of drug-likeness (QED) is 0.366. The first kappa shape index (κ1) is 31.1. The second-order valence-electron chi connectivity index (χ2n) is 9.74. The summed E-state index contributed by atoms with van der Waals surface area (Å²) in [5, 5.41) is 4.52. The molecule has 38 heavy (non-hydrogen) atoms. The second-order valence-corrected chi connectivity index (χ2v) is 11.1. The molecule has 8 nitrogen and oxygen atoms in total. The Morgan fingerprint density at radius 2 is 1.55 bits per heavy atom. The Hall–Kier alpha value is -3.17. The molecule has 0 heterocycles. The SMILES string of the molecule is CCOC(=O)C(COCc1ccc(-c2ccccc2)cc1)NC(=O)C(C)(C)NC(=O)[C@@H](SC(C)=O)C(C)C. The highest BCUT2D eigenvalue weighted by atomic mass is 32.2. The largest absolute Gasteiger partial charge is 0.464 e. The lowest BCUT2D eigenvalue weighted by Gasteiger charge is -2.30. The third-order valence-corrected chi connectivity index (χ3v) is 7.00. The van der Waals surface area contributed by atoms with E-state index in [0.29, 0.717) is 0 Å². The molecule has 2 aromatic carbocycles. The van der Waals surface area contributed by atoms with Crippen LogP contribution in [0.2, 0.25) is 0 Å². The maximum atomic E-state index is 13.1. The zero-order valence-corrected chi connectivity index (χ0v) is 23.7. The van der Waals surface area contributed by atoms with E-state index in [9.17, 15) is 19.2 Å². The molecule has 0 aliphatic carbocycles. The van der Waals surface area contributed by atoms with E-state index in [0.717, 1.165) is 28.5 Å². The number of hydrogen-bond donors (Lipinski definition) is 2. The molecule has 0 aromatic heterocycles. The molecule has 0 spiro atoms. The van der Waals surface area contributed by atoms with Crippen LogP contribution in [0.4, 0.5) is 0 Å². The molecule has 0 fully saturated rings. The van der Waals surface area contributed by atoms with Crippen LogP contribution in [0.25, 0.3) is 11.1 Å². The topological polar surface area (TPSA) is 111 Å². The van der Waals surface area contributed by atoms with Gasteiger partial charge in [-0.1, -0.05) is 80.2 Å². The van der Waals surface area contributed by atoms with Crippen LogP contribution in [0.3, 0.4) is 0 Å². The third-order valence-electron chi connectivity index (χ3n) is 5.65. The van der Waals surface area contributed by atoms with Crippen molar-refractivity contribution in [2.24, 2.45) is 5.92 Å². The first-order valence-electron chi connectivity index (χ1n) is 12.6. The number of thioether (sulfide) groups is 1. The fraction of sp³-hybridized carbons (Fsp3) is 0.448. The highest BCUT2D eigenvalue weighted by molar-refractivity contribution is 8.14. The smallest absolute Gasteiger partial charge is 0.331 e. The molecule has 0 saturated carbocycles. The van der Waals surface area contributed by atoms with Crippen molar-refractivity contribution >= 4 is 34.7 Å². The number of benzene rings is 2. The second kappa shape index (κ2) is 14.7. The number of ether oxygens (including phenoxy) is 2. The first-order chi connectivity index (χ1) is 17.9. The standard InChI is InChI=1S/C29H38N2O6S/c1-7-37-27(34)24(18-36-17-21-13-15-23(16-14-21)22-11-9-8-10-12-22)30-28(35)29(5,6)31-26(33)25(19(2)3)38-20(4)32/h8-16,19,24-25H,7,17-18H2,1-6H3,(H,30,35)(H,31,33)/t24?,25-/m0/s1. The van der Waals surface area contributed by atoms with E-state index in [1.165, 1.54) is 20.8 Å². The van der Waals surface area contributed by atoms with Gasteiger partial charge in [-0.25, -0.2) is 4.79 Å². The summed E-state index contributed by atoms with van der Waals surface area (Å²) in [4.78, 5) is 50.0. The number of esters is 1. The zero-order valence-electron chi connectivity index (χ0n) is 22.9. The van der Waals surface area contributed by atoms with E-state index in [2.05, 4.69) is 10.6 Å². The molecule has 2 atom stereocenters. The van der Waals surface area contributed by atoms with Crippen molar-refractivity contribution in [3.63, 3.8) is 0 Å². The summed E-state index contributed by atoms with van der Waals surface area (Å²) in [6.45, 7) is 10.1. The van der Waals surface area contributed by atoms with Gasteiger partial charge in [-0.05, 0) is 43.4 Å². The van der Waals surface area contributed by atoms with Gasteiger partial charge in [0.25, 0.3) is 0 Å². The van der Waals surface area contributed by atoms with Gasteiger partial charge in [0.05, 0.1) is 25.1 Å². The van der Waals surface area contributed by atoms with Gasteiger partial charge in [-0.2, -0.15) is 0 Å². The normalized spacial score (nSPS) is 12.9. The minimum absolute atomic E-state index is 0.107. The number of rotatable bonds is 13. The lowest BCUT2D eigenvalue weighted by Crippen LogP contribution is -2.60. The van der Waals surface area contributed by atoms with Crippen LogP contribution in [0.1, 0.15) is 47.1 Å². The maximum Gasteiger partial charge on any atom is 0.331 e. The highest BCUT2D eigenvalue weighted by Crippen LogP contribution is 2.22. The monoisotopic (exact) mass is 542 g/mol. The Kier molecular flexibility index (Phi) is 12.0. The summed E-state index contributed by atoms with van der Waals surface area (Å²) in [7, 11) is 0. The van der Waals surface area contributed by atoms with Crippen molar-refractivity contribution in [3.8, 4) is 11.1 Å². The minimum atomic E-state index is -1.35. The van der Waals surface area contributed by atoms with Crippen LogP contribution >= 0.6 is 11.8 Å². The Morgan fingerprint density at radius 3 is 2.11 bits per heavy atom. The van der Waals surface area contributed by atoms with Crippen molar-refractivity contribution in [1.29, 1.82) is 0 Å². The summed E-state index contributed by atoms with van der Waals surface area (Å²) in [5.74, 6) is -1.75. The van der Waals surface area contributed by atoms with Crippen molar-refractivity contribution < 1.29 is 28.7 Å². The first-order valence-corrected chi connectivity index (χ1v) is 13.5. The summed E-state index contributed by atoms with van der Waals surface area (Å²) in [6.07, 6.45) is 0. The van der Waals surface area contributed by atoms with Crippen molar-refractivity contribution in [1.82, 2.24) is 10.6 Å². The Balaban J connectivity index is 2.01. The number of amides is 2. The maximum absolute atomic E-state index is 13.1. The minimum Gasteiger partial charge on any atom is -0.464 e. The molecule has 0 radical (unpaired) electrons. The van der Waals surface area contributed by atoms with Gasteiger partial charge < -0.3 is 20.1 Å². The molecule has 9 heteroatoms. The molecular formula is C29H38N2O6S. The van der Waals surface area contributed by atoms with Gasteiger partial charge in [-0.3, -0.25) is 14.4 Å². The van der Waals surface area contributed by atoms with E-state index in [1.54, 1.807) is 6.92 Å². The fourth-order valence-corrected chi connectivity index (χ4v) is 4.37. The molecule has 1 unspecified atom stereocenters. The molecule has 0 bridgehead atoms. The predicted octanol–water partition coefficient (Wildman–Crippen LogP) is 4.12. The van der Waals surface area contributed by atoms with E-state index in [4.69, 9.17) is 9.47 Å². The van der Waals surface area contributed by atoms with E-state index in [-0.39, 0.29) is 30.9 Å². The molecule has 2 aromatic rings. The van der Waals surface area contributed by atoms with Crippen LogP contribution in [-0.4, -0.2) is 52.9 Å². The van der Waals surface area contributed by atoms with Crippen LogP contribution in [0.5, 0.6) is 0 Å². The zero-order chi connectivity index (χ0) is 28.3. The Morgan fingerprint density at radius 1 is 0.947 bits per heavy atom. The summed E-state index contributed by atoms with van der Waals surface area (Å²) in [6, 6.07) is 16.8. The number of nitrogens with one attached hydrogen (secondary N) is 2. The predicted molar refractivity (Wildman–Crippen MR) is 149 cm³/mol. The molecule has 206 valence electrons. The van der Waals surface area contributed by atoms with Gasteiger partial charge in [0, 0.05) is 6.92 Å². The van der Waals surface area contributed by atoms with Crippen LogP contribution in [0, 0.1) is 5.92 Å². The van der Waals surface area contributed by atoms with E-state index in [1.807, 2.05) is 68.4 Å². The average Bonchev–Trinajstić information content (AvgIpc) is 2.87. The number of carbonyl (C=O) groups is 4. The molecular weight excluding hydrogens is 504 g/mol. The summed E-state index contributed by atoms with van der Waals surface area (Å²) in [5.41, 5.74) is 1.75. The molecule has 0 saturated heterocycles. The summed E-state index contributed by atoms with van der Waals surface area (Å²) < 4.78 is 10.9. The van der Waals surface area contributed by atoms with Crippen LogP contribution in [-0.2, 0) is 35.3 Å². The van der Waals surface area contributed by atoms with Crippen LogP contribution in [0.15, 0.2) is 54.6 Å². The molecule has 0 aliphatic rings. The number of hydrogen-bond acceptors (Lipinski definition) is 7. The molecule has 2 rings (SSSR count). The van der Waals surface area contributed by atoms with E-state index >= 15 is 0 Å². The van der Waals surface area contributed by atoms with Gasteiger partial charge >= 0.3 is 5.97 Å². The highest BCUT2D eigenvalue weighted by Gasteiger charge is 2.36. The lowest BCUT2D eigenvalue weighted by molar-refractivity contribution is -0.150. The molecule has 0 aliphatic heterocycles. The lowest BCUT2D eigenvalue weighted by atomic mass is 10.0.